The Morgan fingerprint density at radius 1 is 1.09 bits per heavy atom. The monoisotopic (exact) mass is 238 g/mol. The number of hydrogen-bond donors (Lipinski definition) is 0. The van der Waals surface area contributed by atoms with Crippen LogP contribution in [0.25, 0.3) is 0 Å². The van der Waals surface area contributed by atoms with E-state index >= 15 is 0 Å². The van der Waals surface area contributed by atoms with Crippen LogP contribution in [0.2, 0.25) is 0 Å². The Morgan fingerprint density at radius 2 is 1.45 bits per heavy atom. The summed E-state index contributed by atoms with van der Waals surface area (Å²) >= 11 is 22.4. The van der Waals surface area contributed by atoms with E-state index in [9.17, 15) is 0 Å². The van der Waals surface area contributed by atoms with E-state index in [-0.39, 0.29) is 6.10 Å². The largest absolute Gasteiger partial charge is 0.353 e. The Balaban J connectivity index is 4.22. The molecular weight excluding hydrogens is 230 g/mol. The molecule has 1 nitrogen and oxygen atoms in total. The smallest absolute Gasteiger partial charge is 0.232 e. The van der Waals surface area contributed by atoms with Crippen LogP contribution in [-0.2, 0) is 4.74 Å². The highest BCUT2D eigenvalue weighted by molar-refractivity contribution is 6.70. The van der Waals surface area contributed by atoms with Crippen molar-refractivity contribution in [3.05, 3.63) is 0 Å². The molecule has 0 aromatic heterocycles. The van der Waals surface area contributed by atoms with Gasteiger partial charge in [0, 0.05) is 0 Å². The highest BCUT2D eigenvalue weighted by Crippen LogP contribution is 2.43. The summed E-state index contributed by atoms with van der Waals surface area (Å²) in [6, 6.07) is 0. The van der Waals surface area contributed by atoms with Gasteiger partial charge in [0.1, 0.15) is 0 Å². The van der Waals surface area contributed by atoms with E-state index in [0.29, 0.717) is 0 Å². The van der Waals surface area contributed by atoms with Crippen LogP contribution in [0.15, 0.2) is 0 Å². The maximum atomic E-state index is 5.79. The molecule has 5 heteroatoms. The lowest BCUT2D eigenvalue weighted by Crippen LogP contribution is -2.38. The number of halogens is 4. The van der Waals surface area contributed by atoms with Gasteiger partial charge in [-0.05, 0) is 20.8 Å². The fourth-order valence-electron chi connectivity index (χ4n) is 0.509. The van der Waals surface area contributed by atoms with Gasteiger partial charge in [0.25, 0.3) is 0 Å². The third-order valence-corrected chi connectivity index (χ3v) is 2.71. The summed E-state index contributed by atoms with van der Waals surface area (Å²) in [5.41, 5.74) is 0. The predicted molar refractivity (Wildman–Crippen MR) is 50.8 cm³/mol. The van der Waals surface area contributed by atoms with Gasteiger partial charge in [-0.3, -0.25) is 0 Å². The minimum atomic E-state index is -1.61. The highest BCUT2D eigenvalue weighted by Gasteiger charge is 2.44. The Labute approximate surface area is 86.9 Å². The highest BCUT2D eigenvalue weighted by atomic mass is 35.6. The van der Waals surface area contributed by atoms with Crippen LogP contribution in [0.4, 0.5) is 0 Å². The summed E-state index contributed by atoms with van der Waals surface area (Å²) in [6.45, 7) is 5.15. The third-order valence-electron chi connectivity index (χ3n) is 0.963. The summed E-state index contributed by atoms with van der Waals surface area (Å²) in [5.74, 6) is 0. The number of alkyl halides is 4. The van der Waals surface area contributed by atoms with Crippen LogP contribution >= 0.6 is 46.4 Å². The number of hydrogen-bond acceptors (Lipinski definition) is 1. The van der Waals surface area contributed by atoms with Gasteiger partial charge in [-0.15, -0.1) is 0 Å². The van der Waals surface area contributed by atoms with Crippen molar-refractivity contribution in [2.24, 2.45) is 0 Å². The Hall–Kier alpha value is 1.12. The average Bonchev–Trinajstić information content (AvgIpc) is 1.56. The van der Waals surface area contributed by atoms with Crippen molar-refractivity contribution in [1.29, 1.82) is 0 Å². The van der Waals surface area contributed by atoms with E-state index in [1.807, 2.05) is 13.8 Å². The average molecular weight is 240 g/mol. The minimum Gasteiger partial charge on any atom is -0.353 e. The fourth-order valence-corrected chi connectivity index (χ4v) is 0.821. The molecule has 0 aromatic carbocycles. The van der Waals surface area contributed by atoms with Gasteiger partial charge in [0.05, 0.1) is 6.10 Å². The molecule has 68 valence electrons. The molecule has 0 amide bonds. The molecule has 0 aromatic rings. The fraction of sp³-hybridized carbons (Fsp3) is 1.00. The zero-order valence-corrected chi connectivity index (χ0v) is 9.52. The molecule has 0 saturated heterocycles. The topological polar surface area (TPSA) is 9.23 Å². The molecule has 0 spiro atoms. The van der Waals surface area contributed by atoms with Crippen molar-refractivity contribution in [2.75, 3.05) is 0 Å². The van der Waals surface area contributed by atoms with Gasteiger partial charge in [0.15, 0.2) is 5.06 Å². The van der Waals surface area contributed by atoms with Gasteiger partial charge in [0.2, 0.25) is 3.79 Å². The lowest BCUT2D eigenvalue weighted by Gasteiger charge is -2.31. The zero-order chi connectivity index (χ0) is 9.28. The zero-order valence-electron chi connectivity index (χ0n) is 6.50. The second-order valence-electron chi connectivity index (χ2n) is 2.58. The first kappa shape index (κ1) is 12.1. The van der Waals surface area contributed by atoms with Crippen LogP contribution in [-0.4, -0.2) is 15.0 Å². The van der Waals surface area contributed by atoms with Crippen molar-refractivity contribution in [1.82, 2.24) is 0 Å². The van der Waals surface area contributed by atoms with Crippen LogP contribution in [0.3, 0.4) is 0 Å². The first-order chi connectivity index (χ1) is 4.67. The van der Waals surface area contributed by atoms with Gasteiger partial charge >= 0.3 is 0 Å². The molecule has 0 radical (unpaired) electrons. The molecular formula is C6H10Cl4O. The summed E-state index contributed by atoms with van der Waals surface area (Å²) < 4.78 is 3.56. The molecule has 1 unspecified atom stereocenters. The molecule has 0 saturated carbocycles. The standard InChI is InChI=1S/C6H10Cl4O/c1-4(2)11-5(3,7)6(8,9)10/h4H,1-3H3. The van der Waals surface area contributed by atoms with Crippen molar-refractivity contribution < 1.29 is 4.74 Å². The maximum absolute atomic E-state index is 5.79. The molecule has 0 fully saturated rings. The molecule has 0 N–H and O–H groups in total. The van der Waals surface area contributed by atoms with E-state index in [1.165, 1.54) is 6.92 Å². The quantitative estimate of drug-likeness (QED) is 0.668. The Kier molecular flexibility index (Phi) is 4.28. The molecule has 0 aliphatic rings. The van der Waals surface area contributed by atoms with Crippen LogP contribution in [0.1, 0.15) is 20.8 Å². The van der Waals surface area contributed by atoms with E-state index in [0.717, 1.165) is 0 Å². The summed E-state index contributed by atoms with van der Waals surface area (Å²) in [5, 5.41) is -1.27. The number of ether oxygens (including phenoxy) is 1. The van der Waals surface area contributed by atoms with Crippen molar-refractivity contribution in [3.63, 3.8) is 0 Å². The molecule has 11 heavy (non-hydrogen) atoms. The normalized spacial score (nSPS) is 18.5. The SMILES string of the molecule is CC(C)OC(C)(Cl)C(Cl)(Cl)Cl. The van der Waals surface area contributed by atoms with Crippen LogP contribution < -0.4 is 0 Å². The van der Waals surface area contributed by atoms with E-state index in [1.54, 1.807) is 0 Å². The van der Waals surface area contributed by atoms with E-state index in [2.05, 4.69) is 0 Å². The van der Waals surface area contributed by atoms with Crippen molar-refractivity contribution in [2.45, 2.75) is 35.7 Å². The molecule has 0 aliphatic carbocycles. The minimum absolute atomic E-state index is 0.0758. The van der Waals surface area contributed by atoms with Crippen molar-refractivity contribution >= 4 is 46.4 Å². The lowest BCUT2D eigenvalue weighted by molar-refractivity contribution is -0.00837. The van der Waals surface area contributed by atoms with Crippen LogP contribution in [0.5, 0.6) is 0 Å². The second kappa shape index (κ2) is 3.89. The maximum Gasteiger partial charge on any atom is 0.232 e. The molecule has 0 heterocycles. The van der Waals surface area contributed by atoms with Gasteiger partial charge in [-0.2, -0.15) is 0 Å². The van der Waals surface area contributed by atoms with Gasteiger partial charge in [-0.1, -0.05) is 46.4 Å². The first-order valence-corrected chi connectivity index (χ1v) is 4.61. The Bertz CT molecular complexity index is 127. The summed E-state index contributed by atoms with van der Waals surface area (Å²) in [6.07, 6.45) is -0.0758. The van der Waals surface area contributed by atoms with Gasteiger partial charge < -0.3 is 4.74 Å². The molecule has 0 bridgehead atoms. The van der Waals surface area contributed by atoms with E-state index < -0.39 is 8.85 Å². The number of rotatable bonds is 2. The Morgan fingerprint density at radius 3 is 1.55 bits per heavy atom. The summed E-state index contributed by atoms with van der Waals surface area (Å²) in [7, 11) is 0. The first-order valence-electron chi connectivity index (χ1n) is 3.10. The summed E-state index contributed by atoms with van der Waals surface area (Å²) in [4.78, 5) is 0. The molecule has 0 aliphatic heterocycles. The third kappa shape index (κ3) is 4.05. The van der Waals surface area contributed by atoms with Crippen LogP contribution in [0, 0.1) is 0 Å². The van der Waals surface area contributed by atoms with Crippen molar-refractivity contribution in [3.8, 4) is 0 Å². The lowest BCUT2D eigenvalue weighted by atomic mass is 10.4. The van der Waals surface area contributed by atoms with Gasteiger partial charge in [-0.25, -0.2) is 0 Å². The second-order valence-corrected chi connectivity index (χ2v) is 5.58. The molecule has 0 rings (SSSR count). The predicted octanol–water partition coefficient (Wildman–Crippen LogP) is 3.74. The molecule has 1 atom stereocenters. The van der Waals surface area contributed by atoms with E-state index in [4.69, 9.17) is 51.1 Å².